The molecule has 0 radical (unpaired) electrons. The average Bonchev–Trinajstić information content (AvgIpc) is 3.13. The molecule has 8 heteroatoms. The van der Waals surface area contributed by atoms with Crippen molar-refractivity contribution in [1.82, 2.24) is 4.57 Å². The number of nitrogens with zero attached hydrogens (tertiary/aromatic N) is 2. The number of hydrogen-bond donors (Lipinski definition) is 1. The molecule has 1 aliphatic heterocycles. The number of fused-ring (bicyclic) bond motifs is 1. The van der Waals surface area contributed by atoms with E-state index in [2.05, 4.69) is 20.9 Å². The molecule has 0 saturated carbocycles. The summed E-state index contributed by atoms with van der Waals surface area (Å²) >= 11 is 16.5. The second-order valence-corrected chi connectivity index (χ2v) is 8.65. The number of halogens is 3. The predicted molar refractivity (Wildman–Crippen MR) is 116 cm³/mol. The third kappa shape index (κ3) is 3.62. The van der Waals surface area contributed by atoms with Gasteiger partial charge in [-0.2, -0.15) is 0 Å². The monoisotopic (exact) mass is 480 g/mol. The van der Waals surface area contributed by atoms with Gasteiger partial charge in [0, 0.05) is 31.9 Å². The molecule has 1 aromatic heterocycles. The fraction of sp³-hybridized carbons (Fsp3) is 0.0526. The molecule has 3 aromatic rings. The van der Waals surface area contributed by atoms with Crippen LogP contribution >= 0.6 is 50.5 Å². The fourth-order valence-electron chi connectivity index (χ4n) is 2.78. The third-order valence-corrected chi connectivity index (χ3v) is 6.13. The van der Waals surface area contributed by atoms with Crippen molar-refractivity contribution in [2.75, 3.05) is 0 Å². The second kappa shape index (κ2) is 7.28. The van der Waals surface area contributed by atoms with Crippen LogP contribution in [-0.2, 0) is 6.54 Å². The summed E-state index contributed by atoms with van der Waals surface area (Å²) in [6, 6.07) is 10.8. The van der Waals surface area contributed by atoms with Crippen LogP contribution in [0.5, 0.6) is 5.88 Å². The Morgan fingerprint density at radius 1 is 1.22 bits per heavy atom. The Labute approximate surface area is 177 Å². The summed E-state index contributed by atoms with van der Waals surface area (Å²) in [7, 11) is 0. The summed E-state index contributed by atoms with van der Waals surface area (Å²) in [6.07, 6.45) is 3.49. The molecule has 0 bridgehead atoms. The van der Waals surface area contributed by atoms with Gasteiger partial charge in [-0.3, -0.25) is 14.4 Å². The van der Waals surface area contributed by atoms with Crippen molar-refractivity contribution in [1.29, 1.82) is 0 Å². The Hall–Kier alpha value is -1.86. The van der Waals surface area contributed by atoms with E-state index in [9.17, 15) is 9.90 Å². The summed E-state index contributed by atoms with van der Waals surface area (Å²) in [5.41, 5.74) is 3.33. The molecule has 2 aromatic carbocycles. The first-order valence-electron chi connectivity index (χ1n) is 7.84. The van der Waals surface area contributed by atoms with Crippen molar-refractivity contribution in [3.63, 3.8) is 0 Å². The zero-order valence-electron chi connectivity index (χ0n) is 13.6. The minimum absolute atomic E-state index is 0.0969. The summed E-state index contributed by atoms with van der Waals surface area (Å²) < 4.78 is 2.23. The lowest BCUT2D eigenvalue weighted by Gasteiger charge is -2.06. The zero-order chi connectivity index (χ0) is 19.1. The molecule has 4 nitrogen and oxygen atoms in total. The molecule has 0 aliphatic carbocycles. The molecule has 0 spiro atoms. The van der Waals surface area contributed by atoms with Gasteiger partial charge in [0.15, 0.2) is 0 Å². The van der Waals surface area contributed by atoms with Gasteiger partial charge in [0.25, 0.3) is 0 Å². The van der Waals surface area contributed by atoms with E-state index >= 15 is 0 Å². The van der Waals surface area contributed by atoms with Gasteiger partial charge >= 0.3 is 4.87 Å². The smallest absolute Gasteiger partial charge is 0.310 e. The van der Waals surface area contributed by atoms with E-state index in [0.29, 0.717) is 20.5 Å². The van der Waals surface area contributed by atoms with Crippen LogP contribution in [0, 0.1) is 0 Å². The Morgan fingerprint density at radius 2 is 2.04 bits per heavy atom. The number of thiazole rings is 1. The lowest BCUT2D eigenvalue weighted by atomic mass is 10.1. The van der Waals surface area contributed by atoms with E-state index in [0.717, 1.165) is 32.6 Å². The van der Waals surface area contributed by atoms with Crippen LogP contribution in [0.2, 0.25) is 10.0 Å². The summed E-state index contributed by atoms with van der Waals surface area (Å²) in [4.78, 5) is 17.0. The standard InChI is InChI=1S/C19H11BrCl2N2O2S/c20-12-2-4-16-14(6-12)11(8-23-16)5-17-18(25)24(19(26)27-17)9-10-1-3-13(21)7-15(10)22/h1-8,25H,9H2. The Kier molecular flexibility index (Phi) is 4.99. The summed E-state index contributed by atoms with van der Waals surface area (Å²) in [5.74, 6) is -0.0969. The fourth-order valence-corrected chi connectivity index (χ4v) is 4.45. The van der Waals surface area contributed by atoms with Crippen LogP contribution in [0.25, 0.3) is 11.6 Å². The maximum Gasteiger partial charge on any atom is 0.310 e. The number of aromatic nitrogens is 1. The predicted octanol–water partition coefficient (Wildman–Crippen LogP) is 5.99. The number of hydrogen-bond acceptors (Lipinski definition) is 4. The normalized spacial score (nSPS) is 14.1. The minimum Gasteiger partial charge on any atom is -0.493 e. The van der Waals surface area contributed by atoms with E-state index in [1.165, 1.54) is 4.57 Å². The molecule has 27 heavy (non-hydrogen) atoms. The largest absolute Gasteiger partial charge is 0.493 e. The van der Waals surface area contributed by atoms with Gasteiger partial charge < -0.3 is 5.11 Å². The summed E-state index contributed by atoms with van der Waals surface area (Å²) in [6.45, 7) is 0.163. The highest BCUT2D eigenvalue weighted by Gasteiger charge is 2.17. The maximum atomic E-state index is 12.4. The molecule has 0 fully saturated rings. The van der Waals surface area contributed by atoms with E-state index in [-0.39, 0.29) is 17.3 Å². The molecular formula is C19H11BrCl2N2O2S. The topological polar surface area (TPSA) is 54.6 Å². The van der Waals surface area contributed by atoms with Crippen molar-refractivity contribution in [2.24, 2.45) is 4.99 Å². The van der Waals surface area contributed by atoms with Gasteiger partial charge in [-0.15, -0.1) is 0 Å². The van der Waals surface area contributed by atoms with Crippen molar-refractivity contribution in [3.8, 4) is 5.88 Å². The number of rotatable bonds is 3. The number of benzene rings is 2. The first-order valence-corrected chi connectivity index (χ1v) is 10.2. The molecule has 0 amide bonds. The number of aliphatic imine (C=N–C) groups is 1. The van der Waals surface area contributed by atoms with Crippen LogP contribution in [0.15, 0.2) is 50.7 Å². The van der Waals surface area contributed by atoms with Crippen LogP contribution in [0.3, 0.4) is 0 Å². The van der Waals surface area contributed by atoms with Crippen molar-refractivity contribution < 1.29 is 5.11 Å². The highest BCUT2D eigenvalue weighted by Crippen LogP contribution is 2.36. The molecular weight excluding hydrogens is 471 g/mol. The lowest BCUT2D eigenvalue weighted by Crippen LogP contribution is -2.13. The molecule has 0 atom stereocenters. The van der Waals surface area contributed by atoms with E-state index in [1.807, 2.05) is 18.2 Å². The second-order valence-electron chi connectivity index (χ2n) is 5.90. The number of allylic oxidation sites excluding steroid dienone is 1. The first-order chi connectivity index (χ1) is 12.9. The lowest BCUT2D eigenvalue weighted by molar-refractivity contribution is 0.420. The molecule has 1 aliphatic rings. The minimum atomic E-state index is -0.269. The maximum absolute atomic E-state index is 12.4. The highest BCUT2D eigenvalue weighted by molar-refractivity contribution is 9.10. The summed E-state index contributed by atoms with van der Waals surface area (Å²) in [5, 5.41) is 11.5. The zero-order valence-corrected chi connectivity index (χ0v) is 17.5. The SMILES string of the molecule is O=c1sc(C=C2C=Nc3ccc(Br)cc32)c(O)n1Cc1ccc(Cl)cc1Cl. The highest BCUT2D eigenvalue weighted by atomic mass is 79.9. The number of aromatic hydroxyl groups is 1. The molecule has 0 unspecified atom stereocenters. The molecule has 2 heterocycles. The molecule has 4 rings (SSSR count). The van der Waals surface area contributed by atoms with E-state index in [4.69, 9.17) is 23.2 Å². The van der Waals surface area contributed by atoms with Gasteiger partial charge in [-0.25, -0.2) is 0 Å². The molecule has 1 N–H and O–H groups in total. The first kappa shape index (κ1) is 18.5. The average molecular weight is 482 g/mol. The van der Waals surface area contributed by atoms with Crippen molar-refractivity contribution >= 4 is 74.0 Å². The quantitative estimate of drug-likeness (QED) is 0.499. The van der Waals surface area contributed by atoms with Gasteiger partial charge in [0.1, 0.15) is 0 Å². The third-order valence-electron chi connectivity index (χ3n) is 4.14. The van der Waals surface area contributed by atoms with Crippen molar-refractivity contribution in [3.05, 3.63) is 76.6 Å². The van der Waals surface area contributed by atoms with Gasteiger partial charge in [0.2, 0.25) is 5.88 Å². The van der Waals surface area contributed by atoms with Gasteiger partial charge in [0.05, 0.1) is 17.1 Å². The van der Waals surface area contributed by atoms with Gasteiger partial charge in [-0.1, -0.05) is 56.5 Å². The Morgan fingerprint density at radius 3 is 2.81 bits per heavy atom. The van der Waals surface area contributed by atoms with Crippen molar-refractivity contribution in [2.45, 2.75) is 6.54 Å². The molecule has 0 saturated heterocycles. The van der Waals surface area contributed by atoms with Crippen LogP contribution in [0.4, 0.5) is 5.69 Å². The Bertz CT molecular complexity index is 1180. The van der Waals surface area contributed by atoms with Crippen LogP contribution in [-0.4, -0.2) is 15.9 Å². The van der Waals surface area contributed by atoms with Gasteiger partial charge in [-0.05, 0) is 42.0 Å². The Balaban J connectivity index is 1.71. The molecule has 136 valence electrons. The van der Waals surface area contributed by atoms with Crippen LogP contribution < -0.4 is 4.87 Å². The van der Waals surface area contributed by atoms with E-state index in [1.54, 1.807) is 30.5 Å². The van der Waals surface area contributed by atoms with Crippen LogP contribution in [0.1, 0.15) is 16.0 Å². The van der Waals surface area contributed by atoms with E-state index < -0.39 is 0 Å².